The number of rotatable bonds is 6. The fraction of sp³-hybridized carbons (Fsp3) is 0.222. The van der Waals surface area contributed by atoms with Crippen LogP contribution in [-0.4, -0.2) is 30.7 Å². The lowest BCUT2D eigenvalue weighted by Gasteiger charge is -2.23. The van der Waals surface area contributed by atoms with Gasteiger partial charge in [-0.1, -0.05) is 6.07 Å². The molecule has 2 heterocycles. The first-order chi connectivity index (χ1) is 14.2. The van der Waals surface area contributed by atoms with E-state index in [-0.39, 0.29) is 23.6 Å². The molecule has 2 aromatic carbocycles. The second-order valence-corrected chi connectivity index (χ2v) is 9.39. The van der Waals surface area contributed by atoms with E-state index in [1.54, 1.807) is 18.2 Å². The van der Waals surface area contributed by atoms with Crippen LogP contribution >= 0.6 is 11.8 Å². The van der Waals surface area contributed by atoms with E-state index in [9.17, 15) is 21.6 Å². The summed E-state index contributed by atoms with van der Waals surface area (Å²) in [5.74, 6) is -1.15. The molecule has 4 rings (SSSR count). The molecule has 0 radical (unpaired) electrons. The molecular formula is C18H15F3N4O3S2. The molecule has 0 saturated carbocycles. The maximum atomic E-state index is 14.7. The van der Waals surface area contributed by atoms with Gasteiger partial charge in [0.25, 0.3) is 5.89 Å². The van der Waals surface area contributed by atoms with E-state index in [4.69, 9.17) is 4.42 Å². The number of aromatic nitrogens is 2. The first-order valence-corrected chi connectivity index (χ1v) is 11.4. The van der Waals surface area contributed by atoms with Crippen molar-refractivity contribution >= 4 is 33.2 Å². The van der Waals surface area contributed by atoms with E-state index in [0.29, 0.717) is 11.6 Å². The zero-order chi connectivity index (χ0) is 21.5. The molecule has 1 aromatic heterocycles. The lowest BCUT2D eigenvalue weighted by molar-refractivity contribution is 0.116. The van der Waals surface area contributed by atoms with Crippen LogP contribution < -0.4 is 9.62 Å². The molecule has 0 atom stereocenters. The lowest BCUT2D eigenvalue weighted by atomic mass is 10.1. The van der Waals surface area contributed by atoms with Crippen molar-refractivity contribution in [3.63, 3.8) is 0 Å². The van der Waals surface area contributed by atoms with Gasteiger partial charge in [-0.3, -0.25) is 4.31 Å². The van der Waals surface area contributed by atoms with E-state index >= 15 is 0 Å². The van der Waals surface area contributed by atoms with Gasteiger partial charge in [-0.15, -0.1) is 22.0 Å². The van der Waals surface area contributed by atoms with Gasteiger partial charge in [0.15, 0.2) is 0 Å². The zero-order valence-corrected chi connectivity index (χ0v) is 17.1. The lowest BCUT2D eigenvalue weighted by Crippen LogP contribution is -2.29. The Bertz CT molecular complexity index is 1200. The van der Waals surface area contributed by atoms with Crippen LogP contribution in [0.15, 0.2) is 45.7 Å². The molecular weight excluding hydrogens is 441 g/mol. The summed E-state index contributed by atoms with van der Waals surface area (Å²) < 4.78 is 70.6. The highest BCUT2D eigenvalue weighted by molar-refractivity contribution is 7.99. The maximum Gasteiger partial charge on any atom is 0.314 e. The number of alkyl halides is 2. The van der Waals surface area contributed by atoms with Gasteiger partial charge in [-0.2, -0.15) is 8.78 Å². The van der Waals surface area contributed by atoms with Gasteiger partial charge in [0.2, 0.25) is 15.9 Å². The molecule has 0 spiro atoms. The number of sulfonamides is 1. The normalized spacial score (nSPS) is 13.4. The average Bonchev–Trinajstić information content (AvgIpc) is 3.35. The summed E-state index contributed by atoms with van der Waals surface area (Å²) in [6, 6.07) is 8.97. The number of anilines is 2. The molecule has 0 amide bonds. The topological polar surface area (TPSA) is 88.3 Å². The Balaban J connectivity index is 1.63. The molecule has 0 bridgehead atoms. The molecule has 3 aromatic rings. The summed E-state index contributed by atoms with van der Waals surface area (Å²) in [5.41, 5.74) is 1.54. The van der Waals surface area contributed by atoms with E-state index < -0.39 is 28.2 Å². The Morgan fingerprint density at radius 1 is 1.23 bits per heavy atom. The number of benzene rings is 2. The Labute approximate surface area is 174 Å². The number of nitrogens with one attached hydrogen (secondary N) is 1. The molecule has 0 unspecified atom stereocenters. The van der Waals surface area contributed by atoms with Gasteiger partial charge in [0.1, 0.15) is 5.82 Å². The second-order valence-electron chi connectivity index (χ2n) is 6.47. The highest BCUT2D eigenvalue weighted by Gasteiger charge is 2.23. The molecule has 0 saturated heterocycles. The summed E-state index contributed by atoms with van der Waals surface area (Å²) in [6.07, 6.45) is -1.89. The monoisotopic (exact) mass is 456 g/mol. The average molecular weight is 456 g/mol. The van der Waals surface area contributed by atoms with Gasteiger partial charge in [-0.05, 0) is 30.3 Å². The van der Waals surface area contributed by atoms with Crippen LogP contribution in [-0.2, 0) is 16.6 Å². The van der Waals surface area contributed by atoms with Crippen molar-refractivity contribution in [1.29, 1.82) is 0 Å². The minimum atomic E-state index is -3.71. The molecule has 12 heteroatoms. The third kappa shape index (κ3) is 4.10. The van der Waals surface area contributed by atoms with Crippen LogP contribution in [0.4, 0.5) is 24.5 Å². The SMILES string of the molecule is CS(=O)(=O)N(Cc1ccc(-c2nnc(C(F)F)o2)cc1F)c1ccc2c(c1)SCN2. The smallest absolute Gasteiger partial charge is 0.314 e. The fourth-order valence-electron chi connectivity index (χ4n) is 2.93. The van der Waals surface area contributed by atoms with Crippen molar-refractivity contribution in [1.82, 2.24) is 10.2 Å². The van der Waals surface area contributed by atoms with Gasteiger partial charge in [0.05, 0.1) is 24.4 Å². The van der Waals surface area contributed by atoms with E-state index in [0.717, 1.165) is 27.2 Å². The van der Waals surface area contributed by atoms with Crippen LogP contribution in [0.2, 0.25) is 0 Å². The number of thioether (sulfide) groups is 1. The highest BCUT2D eigenvalue weighted by Crippen LogP contribution is 2.37. The fourth-order valence-corrected chi connectivity index (χ4v) is 4.68. The van der Waals surface area contributed by atoms with E-state index in [1.165, 1.54) is 23.9 Å². The first-order valence-electron chi connectivity index (χ1n) is 8.61. The van der Waals surface area contributed by atoms with Gasteiger partial charge < -0.3 is 9.73 Å². The van der Waals surface area contributed by atoms with Crippen molar-refractivity contribution < 1.29 is 26.0 Å². The van der Waals surface area contributed by atoms with Crippen LogP contribution in [0, 0.1) is 5.82 Å². The molecule has 1 aliphatic heterocycles. The highest BCUT2D eigenvalue weighted by atomic mass is 32.2. The molecule has 0 aliphatic carbocycles. The quantitative estimate of drug-likeness (QED) is 0.593. The van der Waals surface area contributed by atoms with Crippen molar-refractivity contribution in [3.8, 4) is 11.5 Å². The third-order valence-electron chi connectivity index (χ3n) is 4.39. The van der Waals surface area contributed by atoms with Crippen LogP contribution in [0.3, 0.4) is 0 Å². The number of hydrogen-bond donors (Lipinski definition) is 1. The second kappa shape index (κ2) is 7.84. The predicted molar refractivity (Wildman–Crippen MR) is 106 cm³/mol. The van der Waals surface area contributed by atoms with Crippen molar-refractivity contribution in [2.45, 2.75) is 17.9 Å². The van der Waals surface area contributed by atoms with Gasteiger partial charge in [0, 0.05) is 21.7 Å². The van der Waals surface area contributed by atoms with E-state index in [1.807, 2.05) is 0 Å². The molecule has 7 nitrogen and oxygen atoms in total. The largest absolute Gasteiger partial charge is 0.415 e. The number of hydrogen-bond acceptors (Lipinski definition) is 7. The number of nitrogens with zero attached hydrogens (tertiary/aromatic N) is 3. The van der Waals surface area contributed by atoms with Gasteiger partial charge in [-0.25, -0.2) is 12.8 Å². The van der Waals surface area contributed by atoms with Crippen molar-refractivity contribution in [3.05, 3.63) is 53.7 Å². The van der Waals surface area contributed by atoms with Crippen LogP contribution in [0.5, 0.6) is 0 Å². The summed E-state index contributed by atoms with van der Waals surface area (Å²) in [7, 11) is -3.71. The maximum absolute atomic E-state index is 14.7. The van der Waals surface area contributed by atoms with Crippen LogP contribution in [0.25, 0.3) is 11.5 Å². The Kier molecular flexibility index (Phi) is 5.36. The van der Waals surface area contributed by atoms with Gasteiger partial charge >= 0.3 is 6.43 Å². The molecule has 1 N–H and O–H groups in total. The summed E-state index contributed by atoms with van der Waals surface area (Å²) in [6.45, 7) is -0.242. The van der Waals surface area contributed by atoms with Crippen molar-refractivity contribution in [2.75, 3.05) is 21.8 Å². The predicted octanol–water partition coefficient (Wildman–Crippen LogP) is 4.25. The first kappa shape index (κ1) is 20.5. The molecule has 30 heavy (non-hydrogen) atoms. The molecule has 158 valence electrons. The Hall–Kier alpha value is -2.73. The number of fused-ring (bicyclic) bond motifs is 1. The third-order valence-corrected chi connectivity index (χ3v) is 6.46. The summed E-state index contributed by atoms with van der Waals surface area (Å²) >= 11 is 1.54. The Morgan fingerprint density at radius 3 is 2.70 bits per heavy atom. The minimum absolute atomic E-state index is 0.101. The van der Waals surface area contributed by atoms with Crippen LogP contribution in [0.1, 0.15) is 17.9 Å². The minimum Gasteiger partial charge on any atom is -0.415 e. The standard InChI is InChI=1S/C18H15F3N4O3S2/c1-30(26,27)25(12-4-5-14-15(7-12)29-9-22-14)8-11-3-2-10(6-13(11)19)17-23-24-18(28-17)16(20)21/h2-7,16,22H,8-9H2,1H3. The molecule has 1 aliphatic rings. The number of halogens is 3. The summed E-state index contributed by atoms with van der Waals surface area (Å²) in [4.78, 5) is 0.906. The van der Waals surface area contributed by atoms with Crippen molar-refractivity contribution in [2.24, 2.45) is 0 Å². The zero-order valence-electron chi connectivity index (χ0n) is 15.5. The van der Waals surface area contributed by atoms with E-state index in [2.05, 4.69) is 15.5 Å². The Morgan fingerprint density at radius 2 is 2.03 bits per heavy atom. The molecule has 0 fully saturated rings. The summed E-state index contributed by atoms with van der Waals surface area (Å²) in [5, 5.41) is 9.85.